The lowest BCUT2D eigenvalue weighted by atomic mass is 10.2. The zero-order chi connectivity index (χ0) is 17.5. The molecule has 0 unspecified atom stereocenters. The van der Waals surface area contributed by atoms with E-state index in [-0.39, 0.29) is 5.56 Å². The van der Waals surface area contributed by atoms with Crippen LogP contribution in [0.1, 0.15) is 22.8 Å². The Labute approximate surface area is 148 Å². The van der Waals surface area contributed by atoms with Crippen molar-refractivity contribution < 1.29 is 19.4 Å². The van der Waals surface area contributed by atoms with Crippen molar-refractivity contribution in [3.05, 3.63) is 52.0 Å². The number of carboxylic acids is 1. The number of carboxylic acid groups (broad SMARTS) is 1. The molecule has 24 heavy (non-hydrogen) atoms. The molecule has 0 atom stereocenters. The Balaban J connectivity index is 2.12. The number of ether oxygens (including phenoxy) is 2. The first-order valence-electron chi connectivity index (χ1n) is 7.18. The van der Waals surface area contributed by atoms with E-state index >= 15 is 0 Å². The Morgan fingerprint density at radius 1 is 1.33 bits per heavy atom. The lowest BCUT2D eigenvalue weighted by Gasteiger charge is -2.11. The van der Waals surface area contributed by atoms with Crippen molar-refractivity contribution in [1.82, 2.24) is 0 Å². The number of halogens is 1. The predicted molar refractivity (Wildman–Crippen MR) is 96.5 cm³/mol. The molecule has 0 amide bonds. The smallest absolute Gasteiger partial charge is 0.335 e. The third-order valence-electron chi connectivity index (χ3n) is 3.07. The van der Waals surface area contributed by atoms with Crippen molar-refractivity contribution in [3.63, 3.8) is 0 Å². The van der Waals surface area contributed by atoms with Gasteiger partial charge in [0.1, 0.15) is 0 Å². The van der Waals surface area contributed by atoms with Crippen molar-refractivity contribution in [1.29, 1.82) is 0 Å². The summed E-state index contributed by atoms with van der Waals surface area (Å²) in [6.45, 7) is 2.42. The molecule has 0 spiro atoms. The van der Waals surface area contributed by atoms with Crippen LogP contribution in [0.4, 0.5) is 5.69 Å². The van der Waals surface area contributed by atoms with E-state index in [9.17, 15) is 4.79 Å². The Morgan fingerprint density at radius 3 is 2.62 bits per heavy atom. The zero-order valence-electron chi connectivity index (χ0n) is 13.2. The van der Waals surface area contributed by atoms with Crippen molar-refractivity contribution in [2.24, 2.45) is 5.10 Å². The van der Waals surface area contributed by atoms with Gasteiger partial charge in [-0.1, -0.05) is 0 Å². The van der Waals surface area contributed by atoms with Crippen LogP contribution in [0.15, 0.2) is 46.0 Å². The molecule has 0 bridgehead atoms. The second-order valence-corrected chi connectivity index (χ2v) is 5.57. The second kappa shape index (κ2) is 8.35. The first kappa shape index (κ1) is 17.8. The topological polar surface area (TPSA) is 80.2 Å². The molecular formula is C17H17BrN2O4. The number of anilines is 1. The third-order valence-corrected chi connectivity index (χ3v) is 3.66. The van der Waals surface area contributed by atoms with Gasteiger partial charge in [0.05, 0.1) is 35.7 Å². The third kappa shape index (κ3) is 4.48. The molecule has 0 saturated carbocycles. The van der Waals surface area contributed by atoms with Crippen LogP contribution in [0.25, 0.3) is 0 Å². The maximum atomic E-state index is 10.8. The zero-order valence-corrected chi connectivity index (χ0v) is 14.8. The maximum Gasteiger partial charge on any atom is 0.335 e. The summed E-state index contributed by atoms with van der Waals surface area (Å²) in [5.74, 6) is 0.296. The normalized spacial score (nSPS) is 10.6. The van der Waals surface area contributed by atoms with Gasteiger partial charge in [-0.3, -0.25) is 5.43 Å². The van der Waals surface area contributed by atoms with E-state index in [1.54, 1.807) is 25.5 Å². The average Bonchev–Trinajstić information content (AvgIpc) is 2.55. The highest BCUT2D eigenvalue weighted by Crippen LogP contribution is 2.36. The maximum absolute atomic E-state index is 10.8. The fourth-order valence-corrected chi connectivity index (χ4v) is 2.61. The van der Waals surface area contributed by atoms with Crippen LogP contribution in [0.5, 0.6) is 11.5 Å². The predicted octanol–water partition coefficient (Wildman–Crippen LogP) is 4.00. The van der Waals surface area contributed by atoms with Gasteiger partial charge in [0.15, 0.2) is 11.5 Å². The van der Waals surface area contributed by atoms with Crippen molar-refractivity contribution in [2.75, 3.05) is 19.1 Å². The van der Waals surface area contributed by atoms with Crippen LogP contribution >= 0.6 is 15.9 Å². The van der Waals surface area contributed by atoms with Crippen molar-refractivity contribution >= 4 is 33.8 Å². The van der Waals surface area contributed by atoms with Crippen LogP contribution in [0.3, 0.4) is 0 Å². The summed E-state index contributed by atoms with van der Waals surface area (Å²) < 4.78 is 11.6. The minimum absolute atomic E-state index is 0.227. The van der Waals surface area contributed by atoms with Gasteiger partial charge >= 0.3 is 5.97 Å². The molecule has 0 aliphatic carbocycles. The molecule has 7 heteroatoms. The fourth-order valence-electron chi connectivity index (χ4n) is 1.99. The summed E-state index contributed by atoms with van der Waals surface area (Å²) >= 11 is 3.44. The minimum atomic E-state index is -0.961. The fraction of sp³-hybridized carbons (Fsp3) is 0.176. The molecule has 2 aromatic carbocycles. The van der Waals surface area contributed by atoms with Gasteiger partial charge in [-0.15, -0.1) is 0 Å². The lowest BCUT2D eigenvalue weighted by Crippen LogP contribution is -1.98. The highest BCUT2D eigenvalue weighted by Gasteiger charge is 2.10. The Morgan fingerprint density at radius 2 is 2.04 bits per heavy atom. The van der Waals surface area contributed by atoms with E-state index < -0.39 is 5.97 Å². The van der Waals surface area contributed by atoms with Gasteiger partial charge in [-0.05, 0) is 64.8 Å². The van der Waals surface area contributed by atoms with Gasteiger partial charge in [-0.25, -0.2) is 4.79 Å². The molecule has 126 valence electrons. The van der Waals surface area contributed by atoms with Gasteiger partial charge in [0, 0.05) is 0 Å². The first-order chi connectivity index (χ1) is 11.5. The molecule has 0 aliphatic rings. The molecule has 0 aromatic heterocycles. The monoisotopic (exact) mass is 392 g/mol. The van der Waals surface area contributed by atoms with Crippen LogP contribution in [-0.2, 0) is 0 Å². The molecule has 0 heterocycles. The Kier molecular flexibility index (Phi) is 6.20. The summed E-state index contributed by atoms with van der Waals surface area (Å²) in [5.41, 5.74) is 4.58. The van der Waals surface area contributed by atoms with E-state index in [0.717, 1.165) is 10.0 Å². The summed E-state index contributed by atoms with van der Waals surface area (Å²) in [6, 6.07) is 10.0. The number of hydrazone groups is 1. The van der Waals surface area contributed by atoms with Gasteiger partial charge in [0.25, 0.3) is 0 Å². The van der Waals surface area contributed by atoms with Gasteiger partial charge < -0.3 is 14.6 Å². The second-order valence-electron chi connectivity index (χ2n) is 4.72. The molecular weight excluding hydrogens is 376 g/mol. The summed E-state index contributed by atoms with van der Waals surface area (Å²) in [4.78, 5) is 10.8. The quantitative estimate of drug-likeness (QED) is 0.549. The number of rotatable bonds is 7. The molecule has 0 radical (unpaired) electrons. The number of hydrogen-bond donors (Lipinski definition) is 2. The van der Waals surface area contributed by atoms with Gasteiger partial charge in [0.2, 0.25) is 0 Å². The minimum Gasteiger partial charge on any atom is -0.492 e. The highest BCUT2D eigenvalue weighted by atomic mass is 79.9. The largest absolute Gasteiger partial charge is 0.492 e. The summed E-state index contributed by atoms with van der Waals surface area (Å²) in [5, 5.41) is 13.0. The Hall–Kier alpha value is -2.54. The van der Waals surface area contributed by atoms with E-state index in [2.05, 4.69) is 26.5 Å². The lowest BCUT2D eigenvalue weighted by molar-refractivity contribution is 0.0697. The number of benzene rings is 2. The number of nitrogens with zero attached hydrogens (tertiary/aromatic N) is 1. The summed E-state index contributed by atoms with van der Waals surface area (Å²) in [6.07, 6.45) is 1.64. The van der Waals surface area contributed by atoms with E-state index in [4.69, 9.17) is 14.6 Å². The standard InChI is InChI=1S/C17H17BrN2O4/c1-3-24-15-9-11(8-14(18)16(15)23-2)10-19-20-13-6-4-12(5-7-13)17(21)22/h4-10,20H,3H2,1-2H3,(H,21,22). The van der Waals surface area contributed by atoms with Crippen LogP contribution in [-0.4, -0.2) is 31.0 Å². The van der Waals surface area contributed by atoms with Crippen molar-refractivity contribution in [3.8, 4) is 11.5 Å². The van der Waals surface area contributed by atoms with Crippen LogP contribution in [0.2, 0.25) is 0 Å². The number of hydrogen-bond acceptors (Lipinski definition) is 5. The van der Waals surface area contributed by atoms with E-state index in [1.165, 1.54) is 12.1 Å². The number of nitrogens with one attached hydrogen (secondary N) is 1. The van der Waals surface area contributed by atoms with Gasteiger partial charge in [-0.2, -0.15) is 5.10 Å². The number of methoxy groups -OCH3 is 1. The van der Waals surface area contributed by atoms with Crippen LogP contribution < -0.4 is 14.9 Å². The average molecular weight is 393 g/mol. The highest BCUT2D eigenvalue weighted by molar-refractivity contribution is 9.10. The molecule has 2 N–H and O–H groups in total. The summed E-state index contributed by atoms with van der Waals surface area (Å²) in [7, 11) is 1.58. The SMILES string of the molecule is CCOc1cc(C=NNc2ccc(C(=O)O)cc2)cc(Br)c1OC. The molecule has 0 saturated heterocycles. The molecule has 0 aliphatic heterocycles. The molecule has 0 fully saturated rings. The molecule has 6 nitrogen and oxygen atoms in total. The number of carbonyl (C=O) groups is 1. The molecule has 2 rings (SSSR count). The first-order valence-corrected chi connectivity index (χ1v) is 7.97. The van der Waals surface area contributed by atoms with E-state index in [1.807, 2.05) is 19.1 Å². The molecule has 2 aromatic rings. The Bertz CT molecular complexity index is 745. The number of aromatic carboxylic acids is 1. The van der Waals surface area contributed by atoms with E-state index in [0.29, 0.717) is 23.8 Å². The van der Waals surface area contributed by atoms with Crippen LogP contribution in [0, 0.1) is 0 Å². The van der Waals surface area contributed by atoms with Crippen molar-refractivity contribution in [2.45, 2.75) is 6.92 Å².